The van der Waals surface area contributed by atoms with E-state index in [0.29, 0.717) is 19.8 Å². The predicted molar refractivity (Wildman–Crippen MR) is 154 cm³/mol. The minimum Gasteiger partial charge on any atom is -0.309 e. The molecule has 0 aromatic heterocycles. The second kappa shape index (κ2) is 27.1. The van der Waals surface area contributed by atoms with E-state index in [-0.39, 0.29) is 0 Å². The second-order valence-electron chi connectivity index (χ2n) is 10.6. The summed E-state index contributed by atoms with van der Waals surface area (Å²) in [5.41, 5.74) is 0. The molecule has 0 fully saturated rings. The van der Waals surface area contributed by atoms with E-state index in [1.807, 2.05) is 0 Å². The van der Waals surface area contributed by atoms with E-state index in [9.17, 15) is 4.57 Å². The van der Waals surface area contributed by atoms with E-state index < -0.39 is 7.75 Å². The summed E-state index contributed by atoms with van der Waals surface area (Å²) in [6.07, 6.45) is 26.6. The van der Waals surface area contributed by atoms with Gasteiger partial charge in [0.25, 0.3) is 0 Å². The summed E-state index contributed by atoms with van der Waals surface area (Å²) in [6.45, 7) is 7.20. The lowest BCUT2D eigenvalue weighted by Gasteiger charge is -2.20. The molecule has 0 saturated carbocycles. The highest BCUT2D eigenvalue weighted by atomic mass is 31.2. The number of rotatable bonds is 29. The Labute approximate surface area is 220 Å². The molecule has 212 valence electrons. The van der Waals surface area contributed by atoms with Gasteiger partial charge in [0, 0.05) is 6.54 Å². The van der Waals surface area contributed by atoms with Crippen molar-refractivity contribution in [1.29, 1.82) is 0 Å². The van der Waals surface area contributed by atoms with Crippen LogP contribution in [0.25, 0.3) is 0 Å². The Balaban J connectivity index is 3.95. The number of nitrogens with one attached hydrogen (secondary N) is 1. The normalized spacial score (nSPS) is 12.1. The zero-order valence-electron chi connectivity index (χ0n) is 24.3. The van der Waals surface area contributed by atoms with Crippen LogP contribution in [0.1, 0.15) is 149 Å². The lowest BCUT2D eigenvalue weighted by molar-refractivity contribution is 0.189. The largest absolute Gasteiger partial charge is 0.405 e. The molecular weight excluding hydrogens is 455 g/mol. The van der Waals surface area contributed by atoms with Crippen molar-refractivity contribution < 1.29 is 13.6 Å². The molecule has 0 aliphatic carbocycles. The van der Waals surface area contributed by atoms with Gasteiger partial charge in [0.1, 0.15) is 0 Å². The van der Waals surface area contributed by atoms with Crippen LogP contribution in [0.15, 0.2) is 0 Å². The van der Waals surface area contributed by atoms with E-state index in [1.54, 1.807) is 0 Å². The van der Waals surface area contributed by atoms with Gasteiger partial charge in [-0.25, -0.2) is 9.65 Å². The van der Waals surface area contributed by atoms with Crippen molar-refractivity contribution in [1.82, 2.24) is 9.99 Å². The van der Waals surface area contributed by atoms with Gasteiger partial charge in [0.05, 0.1) is 13.2 Å². The Bertz CT molecular complexity index is 433. The number of hydrogen-bond acceptors (Lipinski definition) is 4. The number of nitrogens with zero attached hydrogens (tertiary/aromatic N) is 1. The molecule has 0 aliphatic rings. The first-order chi connectivity index (χ1) is 17.0. The van der Waals surface area contributed by atoms with Crippen molar-refractivity contribution in [3.63, 3.8) is 0 Å². The summed E-state index contributed by atoms with van der Waals surface area (Å²) < 4.78 is 24.8. The Kier molecular flexibility index (Phi) is 27.2. The van der Waals surface area contributed by atoms with Crippen molar-refractivity contribution in [2.45, 2.75) is 149 Å². The van der Waals surface area contributed by atoms with Crippen LogP contribution in [-0.2, 0) is 13.6 Å². The summed E-state index contributed by atoms with van der Waals surface area (Å²) in [5.74, 6) is 0. The first kappa shape index (κ1) is 35.1. The fourth-order valence-electron chi connectivity index (χ4n) is 4.29. The molecule has 5 nitrogen and oxygen atoms in total. The second-order valence-corrected chi connectivity index (χ2v) is 12.4. The number of hydrogen-bond donors (Lipinski definition) is 1. The van der Waals surface area contributed by atoms with Crippen LogP contribution in [0, 0.1) is 0 Å². The van der Waals surface area contributed by atoms with Crippen molar-refractivity contribution in [3.8, 4) is 0 Å². The van der Waals surface area contributed by atoms with Crippen LogP contribution in [0.5, 0.6) is 0 Å². The van der Waals surface area contributed by atoms with Crippen LogP contribution in [0.4, 0.5) is 0 Å². The molecule has 0 unspecified atom stereocenters. The van der Waals surface area contributed by atoms with Gasteiger partial charge < -0.3 is 4.90 Å². The third-order valence-corrected chi connectivity index (χ3v) is 8.26. The standard InChI is InChI=1S/C29H63N2O3P/c1-5-7-9-11-13-15-17-19-21-23-28-33-35(32,30-26-25-27-31(3)4)34-29-24-22-20-18-16-14-12-10-8-6-2/h5-29H2,1-4H3,(H,30,32). The van der Waals surface area contributed by atoms with Gasteiger partial charge in [-0.3, -0.25) is 9.05 Å². The monoisotopic (exact) mass is 518 g/mol. The molecule has 0 aliphatic heterocycles. The van der Waals surface area contributed by atoms with Gasteiger partial charge >= 0.3 is 7.75 Å². The highest BCUT2D eigenvalue weighted by molar-refractivity contribution is 7.51. The van der Waals surface area contributed by atoms with Crippen LogP contribution in [0.2, 0.25) is 0 Å². The van der Waals surface area contributed by atoms with Gasteiger partial charge in [-0.1, -0.05) is 129 Å². The molecule has 1 N–H and O–H groups in total. The van der Waals surface area contributed by atoms with Crippen molar-refractivity contribution >= 4 is 7.75 Å². The molecule has 0 amide bonds. The highest BCUT2D eigenvalue weighted by Crippen LogP contribution is 2.44. The fraction of sp³-hybridized carbons (Fsp3) is 1.00. The number of unbranched alkanes of at least 4 members (excludes halogenated alkanes) is 18. The van der Waals surface area contributed by atoms with Gasteiger partial charge in [0.15, 0.2) is 0 Å². The van der Waals surface area contributed by atoms with E-state index in [0.717, 1.165) is 38.6 Å². The summed E-state index contributed by atoms with van der Waals surface area (Å²) >= 11 is 0. The average molecular weight is 519 g/mol. The molecular formula is C29H63N2O3P. The third kappa shape index (κ3) is 26.9. The zero-order chi connectivity index (χ0) is 25.9. The quantitative estimate of drug-likeness (QED) is 0.0789. The predicted octanol–water partition coefficient (Wildman–Crippen LogP) is 9.51. The lowest BCUT2D eigenvalue weighted by Crippen LogP contribution is -2.21. The van der Waals surface area contributed by atoms with Gasteiger partial charge in [-0.05, 0) is 39.9 Å². The van der Waals surface area contributed by atoms with Gasteiger partial charge in [0.2, 0.25) is 0 Å². The summed E-state index contributed by atoms with van der Waals surface area (Å²) in [4.78, 5) is 2.14. The Hall–Kier alpha value is 0.0700. The van der Waals surface area contributed by atoms with Crippen LogP contribution in [-0.4, -0.2) is 45.3 Å². The maximum Gasteiger partial charge on any atom is 0.405 e. The van der Waals surface area contributed by atoms with Crippen molar-refractivity contribution in [2.24, 2.45) is 0 Å². The lowest BCUT2D eigenvalue weighted by atomic mass is 10.1. The fourth-order valence-corrected chi connectivity index (χ4v) is 5.72. The van der Waals surface area contributed by atoms with Crippen LogP contribution < -0.4 is 5.09 Å². The minimum absolute atomic E-state index is 0.520. The van der Waals surface area contributed by atoms with E-state index in [1.165, 1.54) is 103 Å². The SMILES string of the molecule is CCCCCCCCCCCCOP(=O)(NCCCN(C)C)OCCCCCCCCCCCC. The van der Waals surface area contributed by atoms with Crippen LogP contribution >= 0.6 is 7.75 Å². The molecule has 6 heteroatoms. The molecule has 0 rings (SSSR count). The molecule has 0 aromatic carbocycles. The van der Waals surface area contributed by atoms with E-state index >= 15 is 0 Å². The van der Waals surface area contributed by atoms with Crippen molar-refractivity contribution in [2.75, 3.05) is 40.4 Å². The van der Waals surface area contributed by atoms with Crippen molar-refractivity contribution in [3.05, 3.63) is 0 Å². The summed E-state index contributed by atoms with van der Waals surface area (Å²) in [7, 11) is 0.915. The van der Waals surface area contributed by atoms with E-state index in [4.69, 9.17) is 9.05 Å². The first-order valence-corrected chi connectivity index (χ1v) is 16.9. The minimum atomic E-state index is -3.20. The van der Waals surface area contributed by atoms with Crippen LogP contribution in [0.3, 0.4) is 0 Å². The first-order valence-electron chi connectivity index (χ1n) is 15.3. The van der Waals surface area contributed by atoms with Gasteiger partial charge in [-0.2, -0.15) is 0 Å². The Morgan fingerprint density at radius 2 is 0.886 bits per heavy atom. The topological polar surface area (TPSA) is 50.8 Å². The Morgan fingerprint density at radius 3 is 1.23 bits per heavy atom. The molecule has 35 heavy (non-hydrogen) atoms. The average Bonchev–Trinajstić information content (AvgIpc) is 2.84. The third-order valence-electron chi connectivity index (χ3n) is 6.61. The molecule has 0 spiro atoms. The van der Waals surface area contributed by atoms with E-state index in [2.05, 4.69) is 37.9 Å². The Morgan fingerprint density at radius 1 is 0.543 bits per heavy atom. The molecule has 0 aromatic rings. The summed E-state index contributed by atoms with van der Waals surface area (Å²) in [5, 5.41) is 3.11. The maximum atomic E-state index is 13.2. The molecule has 0 atom stereocenters. The molecule has 0 saturated heterocycles. The maximum absolute atomic E-state index is 13.2. The summed E-state index contributed by atoms with van der Waals surface area (Å²) in [6, 6.07) is 0. The molecule has 0 radical (unpaired) electrons. The highest BCUT2D eigenvalue weighted by Gasteiger charge is 2.23. The van der Waals surface area contributed by atoms with Gasteiger partial charge in [-0.15, -0.1) is 0 Å². The molecule has 0 heterocycles. The smallest absolute Gasteiger partial charge is 0.309 e. The zero-order valence-corrected chi connectivity index (χ0v) is 25.2. The molecule has 0 bridgehead atoms.